The number of aliphatic hydroxyl groups is 1. The van der Waals surface area contributed by atoms with E-state index in [0.717, 1.165) is 19.5 Å². The zero-order valence-corrected chi connectivity index (χ0v) is 16.9. The lowest BCUT2D eigenvalue weighted by Gasteiger charge is -2.31. The average Bonchev–Trinajstić information content (AvgIpc) is 2.66. The predicted octanol–water partition coefficient (Wildman–Crippen LogP) is 1.42. The van der Waals surface area contributed by atoms with Gasteiger partial charge in [-0.3, -0.25) is 9.59 Å². The van der Waals surface area contributed by atoms with Crippen LogP contribution < -0.4 is 20.1 Å². The molecule has 8 nitrogen and oxygen atoms in total. The van der Waals surface area contributed by atoms with Crippen molar-refractivity contribution in [2.75, 3.05) is 33.0 Å². The van der Waals surface area contributed by atoms with E-state index in [-0.39, 0.29) is 25.2 Å². The van der Waals surface area contributed by atoms with Crippen LogP contribution in [0.15, 0.2) is 42.6 Å². The Morgan fingerprint density at radius 1 is 1.31 bits per heavy atom. The van der Waals surface area contributed by atoms with Gasteiger partial charge >= 0.3 is 0 Å². The van der Waals surface area contributed by atoms with Gasteiger partial charge in [0.2, 0.25) is 0 Å². The summed E-state index contributed by atoms with van der Waals surface area (Å²) in [6.45, 7) is 9.19. The van der Waals surface area contributed by atoms with Crippen LogP contribution in [0.1, 0.15) is 30.6 Å². The van der Waals surface area contributed by atoms with Crippen LogP contribution in [-0.4, -0.2) is 60.9 Å². The van der Waals surface area contributed by atoms with Crippen molar-refractivity contribution in [1.82, 2.24) is 15.5 Å². The monoisotopic (exact) mass is 403 g/mol. The number of likely N-dealkylation sites (tertiary alicyclic amines) is 1. The smallest absolute Gasteiger partial charge is 0.255 e. The summed E-state index contributed by atoms with van der Waals surface area (Å²) < 4.78 is 11.3. The number of amides is 2. The molecule has 1 heterocycles. The molecule has 0 aromatic heterocycles. The van der Waals surface area contributed by atoms with Crippen LogP contribution in [-0.2, 0) is 4.79 Å². The number of nitrogens with one attached hydrogen (secondary N) is 2. The van der Waals surface area contributed by atoms with Gasteiger partial charge in [0.05, 0.1) is 12.2 Å². The van der Waals surface area contributed by atoms with Crippen LogP contribution >= 0.6 is 0 Å². The van der Waals surface area contributed by atoms with Gasteiger partial charge in [0.1, 0.15) is 17.6 Å². The summed E-state index contributed by atoms with van der Waals surface area (Å²) in [7, 11) is 0. The Bertz CT molecular complexity index is 759. The molecule has 158 valence electrons. The van der Waals surface area contributed by atoms with Crippen molar-refractivity contribution in [1.29, 1.82) is 0 Å². The van der Waals surface area contributed by atoms with E-state index in [0.29, 0.717) is 29.2 Å². The maximum atomic E-state index is 12.2. The Hall–Kier alpha value is -3.00. The second-order valence-corrected chi connectivity index (χ2v) is 6.61. The van der Waals surface area contributed by atoms with Gasteiger partial charge in [0.15, 0.2) is 6.73 Å². The molecule has 1 unspecified atom stereocenters. The van der Waals surface area contributed by atoms with Crippen LogP contribution in [0.5, 0.6) is 11.5 Å². The van der Waals surface area contributed by atoms with Crippen LogP contribution in [0.4, 0.5) is 0 Å². The first-order valence-electron chi connectivity index (χ1n) is 9.67. The third-order valence-corrected chi connectivity index (χ3v) is 4.26. The number of carbonyl (C=O) groups excluding carboxylic acids is 2. The first-order chi connectivity index (χ1) is 14.0. The Balaban J connectivity index is 2.03. The van der Waals surface area contributed by atoms with Gasteiger partial charge in [-0.1, -0.05) is 12.7 Å². The van der Waals surface area contributed by atoms with Gasteiger partial charge in [-0.15, -0.1) is 0 Å². The number of aliphatic hydroxyl groups excluding tert-OH is 1. The summed E-state index contributed by atoms with van der Waals surface area (Å²) in [5, 5.41) is 14.9. The van der Waals surface area contributed by atoms with Gasteiger partial charge in [-0.2, -0.15) is 0 Å². The van der Waals surface area contributed by atoms with E-state index in [1.165, 1.54) is 6.08 Å². The summed E-state index contributed by atoms with van der Waals surface area (Å²) in [5.41, 5.74) is 0.852. The predicted molar refractivity (Wildman–Crippen MR) is 110 cm³/mol. The number of benzene rings is 1. The molecule has 1 aromatic carbocycles. The van der Waals surface area contributed by atoms with Crippen molar-refractivity contribution in [2.45, 2.75) is 26.4 Å². The van der Waals surface area contributed by atoms with Gasteiger partial charge < -0.3 is 30.1 Å². The number of carbonyl (C=O) groups is 2. The third kappa shape index (κ3) is 6.53. The molecule has 2 amide bonds. The normalized spacial score (nSPS) is 14.4. The molecule has 1 aliphatic heterocycles. The van der Waals surface area contributed by atoms with Crippen molar-refractivity contribution in [2.24, 2.45) is 0 Å². The molecule has 1 aromatic rings. The van der Waals surface area contributed by atoms with E-state index in [9.17, 15) is 14.7 Å². The lowest BCUT2D eigenvalue weighted by molar-refractivity contribution is -0.130. The number of hydrogen-bond acceptors (Lipinski definition) is 6. The van der Waals surface area contributed by atoms with E-state index in [1.807, 2.05) is 6.92 Å². The molecule has 29 heavy (non-hydrogen) atoms. The van der Waals surface area contributed by atoms with Crippen LogP contribution in [0.3, 0.4) is 0 Å². The fourth-order valence-electron chi connectivity index (χ4n) is 2.57. The van der Waals surface area contributed by atoms with E-state index < -0.39 is 6.10 Å². The summed E-state index contributed by atoms with van der Waals surface area (Å²) in [6, 6.07) is 4.84. The molecular weight excluding hydrogens is 374 g/mol. The van der Waals surface area contributed by atoms with E-state index >= 15 is 0 Å². The summed E-state index contributed by atoms with van der Waals surface area (Å²) in [4.78, 5) is 26.1. The second-order valence-electron chi connectivity index (χ2n) is 6.61. The highest BCUT2D eigenvalue weighted by Crippen LogP contribution is 2.24. The Labute approximate surface area is 171 Å². The average molecular weight is 403 g/mol. The molecule has 1 atom stereocenters. The van der Waals surface area contributed by atoms with Gasteiger partial charge in [0, 0.05) is 37.5 Å². The molecule has 0 bridgehead atoms. The third-order valence-electron chi connectivity index (χ3n) is 4.26. The standard InChI is InChI=1S/C21H29N3O5/c1-4-16(21(27)24-7-6-8-24)12-22-14-28-18-9-17(20(26)23-5-2)10-19(11-18)29-15(3)13-25/h4,9-12,15,22,25H,1,5-8,13-14H2,2-3H3,(H,23,26)/b16-12+. The van der Waals surface area contributed by atoms with E-state index in [2.05, 4.69) is 17.2 Å². The van der Waals surface area contributed by atoms with Crippen molar-refractivity contribution >= 4 is 11.8 Å². The molecule has 1 fully saturated rings. The van der Waals surface area contributed by atoms with E-state index in [1.54, 1.807) is 36.2 Å². The maximum absolute atomic E-state index is 12.2. The molecule has 1 aliphatic rings. The van der Waals surface area contributed by atoms with Crippen LogP contribution in [0, 0.1) is 0 Å². The second kappa shape index (κ2) is 11.1. The minimum atomic E-state index is -0.420. The largest absolute Gasteiger partial charge is 0.488 e. The highest BCUT2D eigenvalue weighted by molar-refractivity contribution is 5.96. The van der Waals surface area contributed by atoms with Crippen LogP contribution in [0.2, 0.25) is 0 Å². The summed E-state index contributed by atoms with van der Waals surface area (Å²) >= 11 is 0. The number of nitrogens with zero attached hydrogens (tertiary/aromatic N) is 1. The fraction of sp³-hybridized carbons (Fsp3) is 0.429. The minimum Gasteiger partial charge on any atom is -0.488 e. The highest BCUT2D eigenvalue weighted by atomic mass is 16.5. The first-order valence-corrected chi connectivity index (χ1v) is 9.67. The summed E-state index contributed by atoms with van der Waals surface area (Å²) in [6.07, 6.45) is 3.67. The highest BCUT2D eigenvalue weighted by Gasteiger charge is 2.21. The van der Waals surface area contributed by atoms with Crippen molar-refractivity contribution in [3.05, 3.63) is 48.2 Å². The molecule has 8 heteroatoms. The lowest BCUT2D eigenvalue weighted by atomic mass is 10.1. The van der Waals surface area contributed by atoms with Crippen LogP contribution in [0.25, 0.3) is 0 Å². The molecule has 3 N–H and O–H groups in total. The zero-order valence-electron chi connectivity index (χ0n) is 16.9. The van der Waals surface area contributed by atoms with Gasteiger partial charge in [-0.25, -0.2) is 0 Å². The Morgan fingerprint density at radius 2 is 2.03 bits per heavy atom. The van der Waals surface area contributed by atoms with Crippen molar-refractivity contribution in [3.63, 3.8) is 0 Å². The van der Waals surface area contributed by atoms with Gasteiger partial charge in [-0.05, 0) is 32.4 Å². The number of hydrogen-bond donors (Lipinski definition) is 3. The van der Waals surface area contributed by atoms with Crippen molar-refractivity contribution in [3.8, 4) is 11.5 Å². The molecule has 1 saturated heterocycles. The Morgan fingerprint density at radius 3 is 2.62 bits per heavy atom. The lowest BCUT2D eigenvalue weighted by Crippen LogP contribution is -2.42. The molecule has 0 radical (unpaired) electrons. The number of ether oxygens (including phenoxy) is 2. The molecule has 0 aliphatic carbocycles. The fourth-order valence-corrected chi connectivity index (χ4v) is 2.57. The number of rotatable bonds is 11. The molecular formula is C21H29N3O5. The minimum absolute atomic E-state index is 0.0642. The topological polar surface area (TPSA) is 100 Å². The van der Waals surface area contributed by atoms with Crippen molar-refractivity contribution < 1.29 is 24.2 Å². The summed E-state index contributed by atoms with van der Waals surface area (Å²) in [5.74, 6) is 0.525. The van der Waals surface area contributed by atoms with E-state index in [4.69, 9.17) is 9.47 Å². The first kappa shape index (κ1) is 22.3. The molecule has 0 spiro atoms. The SMILES string of the molecule is C=C/C(=C\NCOc1cc(OC(C)CO)cc(C(=O)NCC)c1)C(=O)N1CCC1. The quantitative estimate of drug-likeness (QED) is 0.224. The maximum Gasteiger partial charge on any atom is 0.255 e. The molecule has 0 saturated carbocycles. The molecule has 2 rings (SSSR count). The Kier molecular flexibility index (Phi) is 8.54. The zero-order chi connectivity index (χ0) is 21.2. The van der Waals surface area contributed by atoms with Gasteiger partial charge in [0.25, 0.3) is 11.8 Å².